The molecule has 126 valence electrons. The Balaban J connectivity index is 1.47. The number of para-hydroxylation sites is 1. The number of carbonyl (C=O) groups excluding carboxylic acids is 1. The van der Waals surface area contributed by atoms with E-state index in [1.807, 2.05) is 44.3 Å². The van der Waals surface area contributed by atoms with Crippen molar-refractivity contribution in [2.75, 3.05) is 6.54 Å². The average molecular weight is 333 g/mol. The molecule has 0 unspecified atom stereocenters. The van der Waals surface area contributed by atoms with Crippen molar-refractivity contribution in [3.8, 4) is 0 Å². The van der Waals surface area contributed by atoms with Crippen LogP contribution in [0.1, 0.15) is 27.4 Å². The van der Waals surface area contributed by atoms with Crippen molar-refractivity contribution in [1.29, 1.82) is 0 Å². The molecule has 1 amide bonds. The van der Waals surface area contributed by atoms with E-state index in [0.29, 0.717) is 17.9 Å². The summed E-state index contributed by atoms with van der Waals surface area (Å²) in [5.74, 6) is -0.163. The number of benzene rings is 1. The van der Waals surface area contributed by atoms with Crippen LogP contribution in [0.5, 0.6) is 0 Å². The van der Waals surface area contributed by atoms with Crippen LogP contribution in [0.15, 0.2) is 42.6 Å². The average Bonchev–Trinajstić information content (AvgIpc) is 3.18. The van der Waals surface area contributed by atoms with Crippen molar-refractivity contribution in [3.05, 3.63) is 65.2 Å². The number of hydrogen-bond donors (Lipinski definition) is 2. The van der Waals surface area contributed by atoms with Gasteiger partial charge in [-0.15, -0.1) is 0 Å². The van der Waals surface area contributed by atoms with Gasteiger partial charge in [0, 0.05) is 35.4 Å². The molecule has 0 saturated carbocycles. The highest BCUT2D eigenvalue weighted by Gasteiger charge is 2.12. The lowest BCUT2D eigenvalue weighted by molar-refractivity contribution is 0.0949. The summed E-state index contributed by atoms with van der Waals surface area (Å²) < 4.78 is 1.75. The van der Waals surface area contributed by atoms with E-state index in [1.165, 1.54) is 10.9 Å². The number of rotatable bonds is 4. The number of carbonyl (C=O) groups is 1. The van der Waals surface area contributed by atoms with E-state index in [1.54, 1.807) is 10.6 Å². The van der Waals surface area contributed by atoms with Crippen LogP contribution in [0.2, 0.25) is 0 Å². The molecular weight excluding hydrogens is 314 g/mol. The standard InChI is InChI=1S/C19H19N5O/c1-12-9-18-22-17(10-13(2)24(18)23-12)19(25)20-8-7-14-11-21-16-6-4-3-5-15(14)16/h3-6,9-11,21H,7-8H2,1-2H3,(H,20,25). The summed E-state index contributed by atoms with van der Waals surface area (Å²) in [7, 11) is 0. The predicted molar refractivity (Wildman–Crippen MR) is 96.8 cm³/mol. The maximum Gasteiger partial charge on any atom is 0.270 e. The Bertz CT molecular complexity index is 1080. The SMILES string of the molecule is Cc1cc2nc(C(=O)NCCc3c[nH]c4ccccc34)cc(C)n2n1. The third-order valence-corrected chi connectivity index (χ3v) is 4.31. The molecule has 0 atom stereocenters. The molecule has 3 heterocycles. The van der Waals surface area contributed by atoms with Crippen LogP contribution < -0.4 is 5.32 Å². The second kappa shape index (κ2) is 6.05. The number of hydrogen-bond acceptors (Lipinski definition) is 3. The minimum Gasteiger partial charge on any atom is -0.361 e. The Kier molecular flexibility index (Phi) is 3.72. The number of amides is 1. The van der Waals surface area contributed by atoms with E-state index >= 15 is 0 Å². The first-order chi connectivity index (χ1) is 12.1. The van der Waals surface area contributed by atoms with Crippen molar-refractivity contribution in [2.45, 2.75) is 20.3 Å². The van der Waals surface area contributed by atoms with Crippen LogP contribution >= 0.6 is 0 Å². The van der Waals surface area contributed by atoms with Crippen LogP contribution in [-0.2, 0) is 6.42 Å². The van der Waals surface area contributed by atoms with Gasteiger partial charge in [0.15, 0.2) is 5.65 Å². The molecule has 2 N–H and O–H groups in total. The molecule has 3 aromatic heterocycles. The minimum absolute atomic E-state index is 0.163. The smallest absolute Gasteiger partial charge is 0.270 e. The quantitative estimate of drug-likeness (QED) is 0.603. The van der Waals surface area contributed by atoms with Gasteiger partial charge in [-0.3, -0.25) is 4.79 Å². The number of nitrogens with one attached hydrogen (secondary N) is 2. The number of aromatic amines is 1. The van der Waals surface area contributed by atoms with Gasteiger partial charge < -0.3 is 10.3 Å². The molecule has 0 aliphatic heterocycles. The summed E-state index contributed by atoms with van der Waals surface area (Å²) in [5, 5.41) is 8.51. The summed E-state index contributed by atoms with van der Waals surface area (Å²) in [4.78, 5) is 20.1. The normalized spacial score (nSPS) is 11.3. The first-order valence-corrected chi connectivity index (χ1v) is 8.29. The second-order valence-corrected chi connectivity index (χ2v) is 6.20. The van der Waals surface area contributed by atoms with Crippen molar-refractivity contribution in [3.63, 3.8) is 0 Å². The van der Waals surface area contributed by atoms with Gasteiger partial charge in [0.05, 0.1) is 5.69 Å². The predicted octanol–water partition coefficient (Wildman–Crippen LogP) is 2.80. The van der Waals surface area contributed by atoms with Crippen LogP contribution in [0.4, 0.5) is 0 Å². The summed E-state index contributed by atoms with van der Waals surface area (Å²) in [5.41, 5.74) is 5.19. The fourth-order valence-electron chi connectivity index (χ4n) is 3.10. The number of aromatic nitrogens is 4. The largest absolute Gasteiger partial charge is 0.361 e. The molecule has 0 aliphatic carbocycles. The highest BCUT2D eigenvalue weighted by molar-refractivity contribution is 5.93. The lowest BCUT2D eigenvalue weighted by Crippen LogP contribution is -2.27. The zero-order valence-electron chi connectivity index (χ0n) is 14.2. The van der Waals surface area contributed by atoms with Gasteiger partial charge in [0.25, 0.3) is 5.91 Å². The zero-order valence-corrected chi connectivity index (χ0v) is 14.2. The maximum absolute atomic E-state index is 12.4. The van der Waals surface area contributed by atoms with Crippen molar-refractivity contribution < 1.29 is 4.79 Å². The minimum atomic E-state index is -0.163. The summed E-state index contributed by atoms with van der Waals surface area (Å²) in [6.07, 6.45) is 2.77. The van der Waals surface area contributed by atoms with Crippen LogP contribution in [0, 0.1) is 13.8 Å². The van der Waals surface area contributed by atoms with Crippen molar-refractivity contribution >= 4 is 22.5 Å². The van der Waals surface area contributed by atoms with Gasteiger partial charge in [0.1, 0.15) is 5.69 Å². The Morgan fingerprint density at radius 1 is 1.24 bits per heavy atom. The Morgan fingerprint density at radius 2 is 2.08 bits per heavy atom. The van der Waals surface area contributed by atoms with Crippen LogP contribution in [-0.4, -0.2) is 32.0 Å². The molecule has 4 rings (SSSR count). The molecule has 0 radical (unpaired) electrons. The topological polar surface area (TPSA) is 75.1 Å². The van der Waals surface area contributed by atoms with E-state index in [2.05, 4.69) is 26.4 Å². The van der Waals surface area contributed by atoms with Gasteiger partial charge >= 0.3 is 0 Å². The van der Waals surface area contributed by atoms with E-state index in [9.17, 15) is 4.79 Å². The molecule has 25 heavy (non-hydrogen) atoms. The van der Waals surface area contributed by atoms with Crippen LogP contribution in [0.3, 0.4) is 0 Å². The number of nitrogens with zero attached hydrogens (tertiary/aromatic N) is 3. The summed E-state index contributed by atoms with van der Waals surface area (Å²) in [6, 6.07) is 11.8. The molecular formula is C19H19N5O. The molecule has 0 saturated heterocycles. The third kappa shape index (κ3) is 2.87. The zero-order chi connectivity index (χ0) is 17.4. The molecule has 0 fully saturated rings. The maximum atomic E-state index is 12.4. The Labute approximate surface area is 144 Å². The molecule has 6 nitrogen and oxygen atoms in total. The van der Waals surface area contributed by atoms with E-state index in [4.69, 9.17) is 0 Å². The Hall–Kier alpha value is -3.15. The first-order valence-electron chi connectivity index (χ1n) is 8.29. The number of aryl methyl sites for hydroxylation is 2. The fraction of sp³-hybridized carbons (Fsp3) is 0.211. The number of H-pyrrole nitrogens is 1. The molecule has 1 aromatic carbocycles. The fourth-order valence-corrected chi connectivity index (χ4v) is 3.10. The van der Waals surface area contributed by atoms with Gasteiger partial charge in [-0.25, -0.2) is 9.50 Å². The molecule has 0 bridgehead atoms. The van der Waals surface area contributed by atoms with Gasteiger partial charge in [-0.05, 0) is 38.0 Å². The van der Waals surface area contributed by atoms with Gasteiger partial charge in [0.2, 0.25) is 0 Å². The summed E-state index contributed by atoms with van der Waals surface area (Å²) in [6.45, 7) is 4.39. The highest BCUT2D eigenvalue weighted by Crippen LogP contribution is 2.17. The van der Waals surface area contributed by atoms with E-state index < -0.39 is 0 Å². The van der Waals surface area contributed by atoms with Crippen molar-refractivity contribution in [1.82, 2.24) is 24.9 Å². The van der Waals surface area contributed by atoms with E-state index in [0.717, 1.165) is 23.3 Å². The molecule has 4 aromatic rings. The lowest BCUT2D eigenvalue weighted by Gasteiger charge is -2.06. The van der Waals surface area contributed by atoms with Gasteiger partial charge in [-0.1, -0.05) is 18.2 Å². The molecule has 0 spiro atoms. The Morgan fingerprint density at radius 3 is 2.96 bits per heavy atom. The second-order valence-electron chi connectivity index (χ2n) is 6.20. The van der Waals surface area contributed by atoms with E-state index in [-0.39, 0.29) is 5.91 Å². The molecule has 6 heteroatoms. The third-order valence-electron chi connectivity index (χ3n) is 4.31. The van der Waals surface area contributed by atoms with Crippen LogP contribution in [0.25, 0.3) is 16.6 Å². The van der Waals surface area contributed by atoms with Gasteiger partial charge in [-0.2, -0.15) is 5.10 Å². The van der Waals surface area contributed by atoms with Crippen molar-refractivity contribution in [2.24, 2.45) is 0 Å². The lowest BCUT2D eigenvalue weighted by atomic mass is 10.1. The monoisotopic (exact) mass is 333 g/mol. The number of fused-ring (bicyclic) bond motifs is 2. The summed E-state index contributed by atoms with van der Waals surface area (Å²) >= 11 is 0. The molecule has 0 aliphatic rings. The highest BCUT2D eigenvalue weighted by atomic mass is 16.1. The first kappa shape index (κ1) is 15.4.